The Labute approximate surface area is 183 Å². The fourth-order valence-corrected chi connectivity index (χ4v) is 3.38. The number of para-hydroxylation sites is 1. The van der Waals surface area contributed by atoms with E-state index in [0.717, 1.165) is 48.5 Å². The van der Waals surface area contributed by atoms with Crippen LogP contribution in [-0.2, 0) is 30.6 Å². The SMILES string of the molecule is CCc1noc(CC)c1CNC(=NC)NCC(=O)N1CCc2ccccc21.I. The van der Waals surface area contributed by atoms with E-state index in [9.17, 15) is 4.79 Å². The Morgan fingerprint density at radius 2 is 2.04 bits per heavy atom. The fourth-order valence-electron chi connectivity index (χ4n) is 3.38. The van der Waals surface area contributed by atoms with Crippen molar-refractivity contribution in [1.29, 1.82) is 0 Å². The second-order valence-corrected chi connectivity index (χ2v) is 6.44. The van der Waals surface area contributed by atoms with Gasteiger partial charge in [0.25, 0.3) is 0 Å². The highest BCUT2D eigenvalue weighted by atomic mass is 127. The molecule has 1 amide bonds. The smallest absolute Gasteiger partial charge is 0.246 e. The number of aromatic nitrogens is 1. The summed E-state index contributed by atoms with van der Waals surface area (Å²) in [4.78, 5) is 18.7. The lowest BCUT2D eigenvalue weighted by Gasteiger charge is -2.19. The minimum atomic E-state index is 0. The van der Waals surface area contributed by atoms with Gasteiger partial charge in [0, 0.05) is 37.8 Å². The number of halogens is 1. The quantitative estimate of drug-likeness (QED) is 0.365. The van der Waals surface area contributed by atoms with Gasteiger partial charge in [0.2, 0.25) is 5.91 Å². The van der Waals surface area contributed by atoms with Crippen LogP contribution >= 0.6 is 24.0 Å². The molecule has 0 bridgehead atoms. The van der Waals surface area contributed by atoms with E-state index >= 15 is 0 Å². The molecule has 7 nitrogen and oxygen atoms in total. The molecule has 1 aliphatic rings. The molecule has 0 fully saturated rings. The molecule has 152 valence electrons. The van der Waals surface area contributed by atoms with Crippen LogP contribution in [0.25, 0.3) is 0 Å². The Bertz CT molecular complexity index is 812. The number of rotatable bonds is 6. The van der Waals surface area contributed by atoms with Gasteiger partial charge in [-0.2, -0.15) is 0 Å². The van der Waals surface area contributed by atoms with E-state index in [1.54, 1.807) is 7.05 Å². The highest BCUT2D eigenvalue weighted by molar-refractivity contribution is 14.0. The lowest BCUT2D eigenvalue weighted by atomic mass is 10.1. The summed E-state index contributed by atoms with van der Waals surface area (Å²) in [7, 11) is 1.69. The Hall–Kier alpha value is -2.10. The van der Waals surface area contributed by atoms with E-state index in [2.05, 4.69) is 33.8 Å². The molecule has 0 saturated carbocycles. The number of nitrogens with one attached hydrogen (secondary N) is 2. The standard InChI is InChI=1S/C20H27N5O2.HI/c1-4-16-15(18(5-2)27-24-16)12-22-20(21-3)23-13-19(26)25-11-10-14-8-6-7-9-17(14)25;/h6-9H,4-5,10-13H2,1-3H3,(H2,21,22,23);1H. The van der Waals surface area contributed by atoms with Crippen LogP contribution in [-0.4, -0.2) is 37.2 Å². The van der Waals surface area contributed by atoms with E-state index in [4.69, 9.17) is 4.52 Å². The lowest BCUT2D eigenvalue weighted by molar-refractivity contribution is -0.117. The van der Waals surface area contributed by atoms with Crippen LogP contribution < -0.4 is 15.5 Å². The molecule has 28 heavy (non-hydrogen) atoms. The first kappa shape index (κ1) is 22.2. The van der Waals surface area contributed by atoms with Crippen LogP contribution in [0.4, 0.5) is 5.69 Å². The van der Waals surface area contributed by atoms with Gasteiger partial charge in [-0.25, -0.2) is 0 Å². The molecule has 0 radical (unpaired) electrons. The van der Waals surface area contributed by atoms with Crippen molar-refractivity contribution >= 4 is 41.5 Å². The summed E-state index contributed by atoms with van der Waals surface area (Å²) in [5.74, 6) is 1.51. The van der Waals surface area contributed by atoms with Gasteiger partial charge in [-0.3, -0.25) is 9.79 Å². The zero-order chi connectivity index (χ0) is 19.2. The van der Waals surface area contributed by atoms with Gasteiger partial charge in [-0.1, -0.05) is 37.2 Å². The predicted octanol–water partition coefficient (Wildman–Crippen LogP) is 2.67. The normalized spacial score (nSPS) is 13.1. The molecule has 0 atom stereocenters. The molecule has 0 unspecified atom stereocenters. The summed E-state index contributed by atoms with van der Waals surface area (Å²) in [6.45, 7) is 5.59. The molecule has 0 spiro atoms. The number of benzene rings is 1. The Kier molecular flexibility index (Phi) is 8.28. The highest BCUT2D eigenvalue weighted by Crippen LogP contribution is 2.27. The van der Waals surface area contributed by atoms with Crippen LogP contribution in [0.1, 0.15) is 36.4 Å². The third kappa shape index (κ3) is 4.84. The number of fused-ring (bicyclic) bond motifs is 1. The van der Waals surface area contributed by atoms with E-state index in [0.29, 0.717) is 12.5 Å². The van der Waals surface area contributed by atoms with E-state index in [1.807, 2.05) is 30.0 Å². The van der Waals surface area contributed by atoms with Crippen LogP contribution in [0.15, 0.2) is 33.8 Å². The molecule has 2 heterocycles. The molecule has 8 heteroatoms. The van der Waals surface area contributed by atoms with Crippen LogP contribution in [0.2, 0.25) is 0 Å². The molecular formula is C20H28IN5O2. The van der Waals surface area contributed by atoms with Gasteiger partial charge in [-0.05, 0) is 24.5 Å². The topological polar surface area (TPSA) is 82.8 Å². The molecule has 2 N–H and O–H groups in total. The van der Waals surface area contributed by atoms with Crippen molar-refractivity contribution in [2.24, 2.45) is 4.99 Å². The van der Waals surface area contributed by atoms with Crippen LogP contribution in [0, 0.1) is 0 Å². The maximum absolute atomic E-state index is 12.6. The lowest BCUT2D eigenvalue weighted by Crippen LogP contribution is -2.44. The van der Waals surface area contributed by atoms with Crippen molar-refractivity contribution < 1.29 is 9.32 Å². The van der Waals surface area contributed by atoms with Crippen LogP contribution in [0.3, 0.4) is 0 Å². The summed E-state index contributed by atoms with van der Waals surface area (Å²) in [5.41, 5.74) is 4.26. The first-order valence-electron chi connectivity index (χ1n) is 9.47. The number of aliphatic imine (C=N–C) groups is 1. The Balaban J connectivity index is 0.00000280. The van der Waals surface area contributed by atoms with Gasteiger partial charge in [0.05, 0.1) is 12.2 Å². The van der Waals surface area contributed by atoms with Crippen molar-refractivity contribution in [3.05, 3.63) is 46.8 Å². The number of hydrogen-bond donors (Lipinski definition) is 2. The first-order valence-corrected chi connectivity index (χ1v) is 9.47. The Morgan fingerprint density at radius 3 is 2.75 bits per heavy atom. The van der Waals surface area contributed by atoms with Gasteiger partial charge >= 0.3 is 0 Å². The fraction of sp³-hybridized carbons (Fsp3) is 0.450. The second-order valence-electron chi connectivity index (χ2n) is 6.44. The van der Waals surface area contributed by atoms with Crippen molar-refractivity contribution in [1.82, 2.24) is 15.8 Å². The van der Waals surface area contributed by atoms with Gasteiger partial charge in [0.1, 0.15) is 5.76 Å². The number of nitrogens with zero attached hydrogens (tertiary/aromatic N) is 3. The summed E-state index contributed by atoms with van der Waals surface area (Å²) in [6, 6.07) is 8.05. The van der Waals surface area contributed by atoms with Gasteiger partial charge in [0.15, 0.2) is 5.96 Å². The number of carbonyl (C=O) groups is 1. The largest absolute Gasteiger partial charge is 0.361 e. The van der Waals surface area contributed by atoms with Crippen molar-refractivity contribution in [3.63, 3.8) is 0 Å². The number of guanidine groups is 1. The number of amides is 1. The zero-order valence-electron chi connectivity index (χ0n) is 16.6. The van der Waals surface area contributed by atoms with E-state index < -0.39 is 0 Å². The van der Waals surface area contributed by atoms with Crippen LogP contribution in [0.5, 0.6) is 0 Å². The molecule has 0 aliphatic carbocycles. The molecule has 1 aromatic heterocycles. The monoisotopic (exact) mass is 497 g/mol. The average molecular weight is 497 g/mol. The second kappa shape index (κ2) is 10.4. The number of carbonyl (C=O) groups excluding carboxylic acids is 1. The third-order valence-corrected chi connectivity index (χ3v) is 4.86. The first-order chi connectivity index (χ1) is 13.2. The average Bonchev–Trinajstić information content (AvgIpc) is 3.31. The van der Waals surface area contributed by atoms with Crippen molar-refractivity contribution in [3.8, 4) is 0 Å². The summed E-state index contributed by atoms with van der Waals surface area (Å²) in [5, 5.41) is 10.5. The molecule has 0 saturated heterocycles. The number of anilines is 1. The molecule has 2 aromatic rings. The minimum Gasteiger partial charge on any atom is -0.361 e. The van der Waals surface area contributed by atoms with Crippen molar-refractivity contribution in [2.75, 3.05) is 25.0 Å². The zero-order valence-corrected chi connectivity index (χ0v) is 18.9. The Morgan fingerprint density at radius 1 is 1.25 bits per heavy atom. The molecule has 1 aliphatic heterocycles. The number of hydrogen-bond acceptors (Lipinski definition) is 4. The molecule has 1 aromatic carbocycles. The summed E-state index contributed by atoms with van der Waals surface area (Å²) >= 11 is 0. The summed E-state index contributed by atoms with van der Waals surface area (Å²) < 4.78 is 5.39. The number of aryl methyl sites for hydroxylation is 2. The summed E-state index contributed by atoms with van der Waals surface area (Å²) in [6.07, 6.45) is 2.52. The molecule has 3 rings (SSSR count). The molecular weight excluding hydrogens is 469 g/mol. The van der Waals surface area contributed by atoms with Gasteiger partial charge in [-0.15, -0.1) is 24.0 Å². The highest BCUT2D eigenvalue weighted by Gasteiger charge is 2.24. The van der Waals surface area contributed by atoms with Crippen molar-refractivity contribution in [2.45, 2.75) is 39.7 Å². The van der Waals surface area contributed by atoms with E-state index in [1.165, 1.54) is 5.56 Å². The minimum absolute atomic E-state index is 0. The van der Waals surface area contributed by atoms with Gasteiger partial charge < -0.3 is 20.1 Å². The maximum Gasteiger partial charge on any atom is 0.246 e. The third-order valence-electron chi connectivity index (χ3n) is 4.86. The predicted molar refractivity (Wildman–Crippen MR) is 121 cm³/mol. The van der Waals surface area contributed by atoms with E-state index in [-0.39, 0.29) is 36.4 Å². The maximum atomic E-state index is 12.6.